The third-order valence-electron chi connectivity index (χ3n) is 7.18. The molecule has 1 aliphatic carbocycles. The van der Waals surface area contributed by atoms with Crippen LogP contribution in [0, 0.1) is 22.6 Å². The monoisotopic (exact) mass is 470 g/mol. The van der Waals surface area contributed by atoms with Crippen molar-refractivity contribution in [3.8, 4) is 6.07 Å². The number of rotatable bonds is 3. The van der Waals surface area contributed by atoms with Crippen LogP contribution in [0.3, 0.4) is 0 Å². The van der Waals surface area contributed by atoms with Gasteiger partial charge in [-0.15, -0.1) is 0 Å². The summed E-state index contributed by atoms with van der Waals surface area (Å²) in [7, 11) is 0. The molecule has 0 saturated carbocycles. The normalized spacial score (nSPS) is 23.1. The molecule has 35 heavy (non-hydrogen) atoms. The summed E-state index contributed by atoms with van der Waals surface area (Å²) in [6.45, 7) is 6.43. The van der Waals surface area contributed by atoms with Crippen molar-refractivity contribution in [1.29, 1.82) is 5.26 Å². The van der Waals surface area contributed by atoms with Crippen molar-refractivity contribution >= 4 is 23.1 Å². The van der Waals surface area contributed by atoms with E-state index < -0.39 is 11.2 Å². The van der Waals surface area contributed by atoms with Crippen molar-refractivity contribution in [3.63, 3.8) is 0 Å². The first-order chi connectivity index (χ1) is 16.7. The smallest absolute Gasteiger partial charge is 0.247 e. The number of amides is 1. The van der Waals surface area contributed by atoms with Crippen molar-refractivity contribution in [2.75, 3.05) is 16.3 Å². The number of halogens is 1. The number of allylic oxidation sites excluding steroid dienone is 1. The molecule has 2 heterocycles. The van der Waals surface area contributed by atoms with Crippen LogP contribution in [0.4, 0.5) is 15.8 Å². The molecule has 7 heteroatoms. The predicted molar refractivity (Wildman–Crippen MR) is 132 cm³/mol. The van der Waals surface area contributed by atoms with Gasteiger partial charge < -0.3 is 10.6 Å². The molecule has 0 aromatic heterocycles. The van der Waals surface area contributed by atoms with Gasteiger partial charge in [-0.2, -0.15) is 5.26 Å². The zero-order valence-electron chi connectivity index (χ0n) is 20.1. The summed E-state index contributed by atoms with van der Waals surface area (Å²) in [6.07, 6.45) is 1.42. The first kappa shape index (κ1) is 22.9. The van der Waals surface area contributed by atoms with Gasteiger partial charge in [-0.3, -0.25) is 14.5 Å². The molecular weight excluding hydrogens is 443 g/mol. The highest BCUT2D eigenvalue weighted by Crippen LogP contribution is 2.58. The second kappa shape index (κ2) is 7.81. The van der Waals surface area contributed by atoms with Crippen molar-refractivity contribution in [1.82, 2.24) is 0 Å². The molecule has 2 aromatic rings. The lowest BCUT2D eigenvalue weighted by atomic mass is 9.60. The molecule has 2 aromatic carbocycles. The Morgan fingerprint density at radius 3 is 2.43 bits per heavy atom. The number of para-hydroxylation sites is 1. The number of benzene rings is 2. The molecule has 2 aliphatic heterocycles. The minimum absolute atomic E-state index is 0.0321. The van der Waals surface area contributed by atoms with Gasteiger partial charge in [0.15, 0.2) is 5.78 Å². The van der Waals surface area contributed by atoms with Crippen LogP contribution in [0.15, 0.2) is 71.2 Å². The minimum Gasteiger partial charge on any atom is -0.384 e. The van der Waals surface area contributed by atoms with E-state index in [9.17, 15) is 19.2 Å². The Bertz CT molecular complexity index is 1370. The van der Waals surface area contributed by atoms with Gasteiger partial charge >= 0.3 is 0 Å². The molecule has 1 spiro atoms. The first-order valence-electron chi connectivity index (χ1n) is 11.8. The van der Waals surface area contributed by atoms with Crippen molar-refractivity contribution in [2.45, 2.75) is 45.4 Å². The summed E-state index contributed by atoms with van der Waals surface area (Å²) in [6, 6.07) is 15.3. The molecule has 3 aliphatic rings. The van der Waals surface area contributed by atoms with Crippen LogP contribution in [0.1, 0.15) is 45.6 Å². The Kier molecular flexibility index (Phi) is 5.10. The van der Waals surface area contributed by atoms with E-state index in [1.54, 1.807) is 21.9 Å². The van der Waals surface area contributed by atoms with Crippen molar-refractivity contribution in [3.05, 3.63) is 82.6 Å². The number of ketones is 1. The number of hydrogen-bond acceptors (Lipinski definition) is 5. The maximum Gasteiger partial charge on any atom is 0.247 e. The average molecular weight is 471 g/mol. The van der Waals surface area contributed by atoms with Crippen LogP contribution in [-0.4, -0.2) is 18.2 Å². The first-order valence-corrected chi connectivity index (χ1v) is 11.8. The summed E-state index contributed by atoms with van der Waals surface area (Å²) >= 11 is 0. The Labute approximate surface area is 204 Å². The van der Waals surface area contributed by atoms with E-state index in [4.69, 9.17) is 5.73 Å². The third-order valence-corrected chi connectivity index (χ3v) is 7.18. The molecule has 1 atom stereocenters. The predicted octanol–water partition coefficient (Wildman–Crippen LogP) is 4.68. The number of carbonyl (C=O) groups is 2. The fourth-order valence-corrected chi connectivity index (χ4v) is 5.89. The Balaban J connectivity index is 1.89. The fraction of sp³-hybridized carbons (Fsp3) is 0.321. The van der Waals surface area contributed by atoms with Crippen LogP contribution in [0.25, 0.3) is 0 Å². The van der Waals surface area contributed by atoms with E-state index in [1.165, 1.54) is 12.1 Å². The number of Topliss-reactive ketones (excluding diaryl/α,β-unsaturated/α-hetero) is 1. The molecule has 0 saturated heterocycles. The summed E-state index contributed by atoms with van der Waals surface area (Å²) in [5.74, 6) is -0.816. The van der Waals surface area contributed by atoms with E-state index in [1.807, 2.05) is 45.0 Å². The van der Waals surface area contributed by atoms with E-state index in [-0.39, 0.29) is 34.9 Å². The van der Waals surface area contributed by atoms with Crippen molar-refractivity contribution in [2.24, 2.45) is 11.1 Å². The zero-order valence-corrected chi connectivity index (χ0v) is 20.1. The van der Waals surface area contributed by atoms with Gasteiger partial charge in [0.05, 0.1) is 5.57 Å². The average Bonchev–Trinajstić information content (AvgIpc) is 3.03. The number of anilines is 2. The van der Waals surface area contributed by atoms with Crippen LogP contribution < -0.4 is 15.5 Å². The molecule has 1 unspecified atom stereocenters. The molecule has 2 N–H and O–H groups in total. The van der Waals surface area contributed by atoms with Crippen LogP contribution in [-0.2, 0) is 15.0 Å². The van der Waals surface area contributed by atoms with E-state index >= 15 is 0 Å². The third kappa shape index (κ3) is 3.06. The summed E-state index contributed by atoms with van der Waals surface area (Å²) < 4.78 is 13.8. The lowest BCUT2D eigenvalue weighted by Crippen LogP contribution is -2.53. The van der Waals surface area contributed by atoms with Crippen LogP contribution in [0.2, 0.25) is 0 Å². The van der Waals surface area contributed by atoms with Crippen LogP contribution in [0.5, 0.6) is 0 Å². The number of nitrogens with zero attached hydrogens (tertiary/aromatic N) is 3. The van der Waals surface area contributed by atoms with Gasteiger partial charge in [-0.25, -0.2) is 4.39 Å². The summed E-state index contributed by atoms with van der Waals surface area (Å²) in [5.41, 5.74) is 7.51. The van der Waals surface area contributed by atoms with Gasteiger partial charge in [0, 0.05) is 41.2 Å². The molecule has 0 fully saturated rings. The molecule has 1 amide bonds. The van der Waals surface area contributed by atoms with E-state index in [0.29, 0.717) is 47.6 Å². The lowest BCUT2D eigenvalue weighted by molar-refractivity contribution is -0.125. The molecule has 5 rings (SSSR count). The highest BCUT2D eigenvalue weighted by atomic mass is 19.1. The SMILES string of the molecule is CCCN1C(=O)C2(C(C#N)=C(N)N(c3ccc(F)cc3)C3=C2C(=O)CC(C)(C)C3)c2ccccc21. The number of nitrogens with two attached hydrogens (primary N) is 1. The Morgan fingerprint density at radius 2 is 1.77 bits per heavy atom. The maximum absolute atomic E-state index is 14.3. The number of fused-ring (bicyclic) bond motifs is 3. The Morgan fingerprint density at radius 1 is 1.09 bits per heavy atom. The van der Waals surface area contributed by atoms with E-state index in [2.05, 4.69) is 6.07 Å². The molecule has 178 valence electrons. The van der Waals surface area contributed by atoms with Crippen molar-refractivity contribution < 1.29 is 14.0 Å². The largest absolute Gasteiger partial charge is 0.384 e. The van der Waals surface area contributed by atoms with Gasteiger partial charge in [0.1, 0.15) is 23.1 Å². The van der Waals surface area contributed by atoms with E-state index in [0.717, 1.165) is 0 Å². The van der Waals surface area contributed by atoms with Gasteiger partial charge in [0.2, 0.25) is 5.91 Å². The second-order valence-electron chi connectivity index (χ2n) is 10.2. The lowest BCUT2D eigenvalue weighted by Gasteiger charge is -2.47. The standard InChI is InChI=1S/C28H27FN4O2/c1-4-13-32-21-8-6-5-7-19(21)28(26(32)35)20(16-30)25(31)33(18-11-9-17(29)10-12-18)22-14-27(2,3)15-23(34)24(22)28/h5-12H,4,13-15,31H2,1-3H3. The highest BCUT2D eigenvalue weighted by molar-refractivity contribution is 6.20. The topological polar surface area (TPSA) is 90.4 Å². The number of carbonyl (C=O) groups excluding carboxylic acids is 2. The molecule has 0 bridgehead atoms. The quantitative estimate of drug-likeness (QED) is 0.704. The van der Waals surface area contributed by atoms with Gasteiger partial charge in [-0.1, -0.05) is 39.0 Å². The molecular formula is C28H27FN4O2. The fourth-order valence-electron chi connectivity index (χ4n) is 5.89. The Hall–Kier alpha value is -3.92. The number of nitriles is 1. The van der Waals surface area contributed by atoms with Crippen LogP contribution >= 0.6 is 0 Å². The maximum atomic E-state index is 14.3. The molecule has 6 nitrogen and oxygen atoms in total. The zero-order chi connectivity index (χ0) is 25.1. The minimum atomic E-state index is -1.59. The number of hydrogen-bond donors (Lipinski definition) is 1. The molecule has 0 radical (unpaired) electrons. The highest BCUT2D eigenvalue weighted by Gasteiger charge is 2.63. The second-order valence-corrected chi connectivity index (χ2v) is 10.2. The van der Waals surface area contributed by atoms with Gasteiger partial charge in [-0.05, 0) is 48.6 Å². The summed E-state index contributed by atoms with van der Waals surface area (Å²) in [4.78, 5) is 31.6. The van der Waals surface area contributed by atoms with Gasteiger partial charge in [0.25, 0.3) is 0 Å². The summed E-state index contributed by atoms with van der Waals surface area (Å²) in [5, 5.41) is 10.5.